The van der Waals surface area contributed by atoms with Crippen LogP contribution in [0.15, 0.2) is 18.2 Å². The molecule has 0 heterocycles. The first kappa shape index (κ1) is 10.3. The Balaban J connectivity index is 3.06. The number of hydrogen-bond acceptors (Lipinski definition) is 2. The maximum atomic E-state index is 8.99. The number of rotatable bonds is 2. The van der Waals surface area contributed by atoms with E-state index in [4.69, 9.17) is 10.0 Å². The van der Waals surface area contributed by atoms with E-state index in [1.165, 1.54) is 5.56 Å². The van der Waals surface area contributed by atoms with Crippen LogP contribution in [0.4, 0.5) is 0 Å². The Morgan fingerprint density at radius 3 is 2.23 bits per heavy atom. The van der Waals surface area contributed by atoms with Gasteiger partial charge in [0.05, 0.1) is 0 Å². The zero-order valence-corrected chi connectivity index (χ0v) is 8.28. The lowest BCUT2D eigenvalue weighted by molar-refractivity contribution is 0.425. The number of hydrogen-bond donors (Lipinski definition) is 2. The van der Waals surface area contributed by atoms with Gasteiger partial charge in [-0.25, -0.2) is 0 Å². The first-order valence-electron chi connectivity index (χ1n) is 4.49. The van der Waals surface area contributed by atoms with Crippen molar-refractivity contribution in [2.45, 2.75) is 26.7 Å². The number of benzene rings is 1. The van der Waals surface area contributed by atoms with Gasteiger partial charge in [0.15, 0.2) is 0 Å². The lowest BCUT2D eigenvalue weighted by atomic mass is 9.76. The summed E-state index contributed by atoms with van der Waals surface area (Å²) < 4.78 is 0. The summed E-state index contributed by atoms with van der Waals surface area (Å²) in [5, 5.41) is 18.0. The highest BCUT2D eigenvalue weighted by Gasteiger charge is 2.13. The molecule has 2 N–H and O–H groups in total. The normalized spacial score (nSPS) is 10.6. The van der Waals surface area contributed by atoms with E-state index in [1.807, 2.05) is 19.1 Å². The molecule has 1 aromatic rings. The summed E-state index contributed by atoms with van der Waals surface area (Å²) in [6.07, 6.45) is 0. The van der Waals surface area contributed by atoms with E-state index < -0.39 is 7.12 Å². The lowest BCUT2D eigenvalue weighted by Gasteiger charge is -2.09. The molecule has 0 aromatic heterocycles. The van der Waals surface area contributed by atoms with E-state index in [9.17, 15) is 0 Å². The summed E-state index contributed by atoms with van der Waals surface area (Å²) in [7, 11) is -1.36. The van der Waals surface area contributed by atoms with Crippen molar-refractivity contribution in [3.63, 3.8) is 0 Å². The van der Waals surface area contributed by atoms with Crippen LogP contribution in [0.5, 0.6) is 0 Å². The first-order valence-corrected chi connectivity index (χ1v) is 4.49. The van der Waals surface area contributed by atoms with Crippen LogP contribution in [0.2, 0.25) is 0 Å². The van der Waals surface area contributed by atoms with Crippen LogP contribution in [-0.4, -0.2) is 17.2 Å². The molecular formula is C10H15BO2. The Bertz CT molecular complexity index is 295. The molecule has 3 heteroatoms. The van der Waals surface area contributed by atoms with Gasteiger partial charge in [-0.1, -0.05) is 37.6 Å². The molecule has 0 radical (unpaired) electrons. The third-order valence-corrected chi connectivity index (χ3v) is 2.24. The predicted octanol–water partition coefficient (Wildman–Crippen LogP) is 0.798. The van der Waals surface area contributed by atoms with E-state index in [-0.39, 0.29) is 0 Å². The molecule has 2 nitrogen and oxygen atoms in total. The summed E-state index contributed by atoms with van der Waals surface area (Å²) >= 11 is 0. The van der Waals surface area contributed by atoms with Crippen LogP contribution < -0.4 is 5.46 Å². The van der Waals surface area contributed by atoms with E-state index in [0.717, 1.165) is 5.56 Å². The van der Waals surface area contributed by atoms with E-state index in [1.54, 1.807) is 6.07 Å². The van der Waals surface area contributed by atoms with Crippen molar-refractivity contribution >= 4 is 12.6 Å². The lowest BCUT2D eigenvalue weighted by Crippen LogP contribution is -2.32. The minimum absolute atomic E-state index is 0.476. The van der Waals surface area contributed by atoms with Gasteiger partial charge in [-0.3, -0.25) is 0 Å². The van der Waals surface area contributed by atoms with Gasteiger partial charge in [0.25, 0.3) is 0 Å². The molecule has 13 heavy (non-hydrogen) atoms. The van der Waals surface area contributed by atoms with Crippen LogP contribution in [0.3, 0.4) is 0 Å². The monoisotopic (exact) mass is 178 g/mol. The predicted molar refractivity (Wildman–Crippen MR) is 55.1 cm³/mol. The molecule has 0 aliphatic carbocycles. The third-order valence-electron chi connectivity index (χ3n) is 2.24. The van der Waals surface area contributed by atoms with Crippen LogP contribution >= 0.6 is 0 Å². The zero-order valence-electron chi connectivity index (χ0n) is 8.28. The van der Waals surface area contributed by atoms with Gasteiger partial charge in [0, 0.05) is 0 Å². The largest absolute Gasteiger partial charge is 0.488 e. The molecule has 1 rings (SSSR count). The van der Waals surface area contributed by atoms with Crippen LogP contribution in [-0.2, 0) is 0 Å². The van der Waals surface area contributed by atoms with Gasteiger partial charge >= 0.3 is 7.12 Å². The molecule has 0 unspecified atom stereocenters. The van der Waals surface area contributed by atoms with Gasteiger partial charge in [0.2, 0.25) is 0 Å². The molecule has 0 spiro atoms. The Labute approximate surface area is 79.4 Å². The molecular weight excluding hydrogens is 163 g/mol. The Morgan fingerprint density at radius 2 is 1.85 bits per heavy atom. The van der Waals surface area contributed by atoms with E-state index in [0.29, 0.717) is 11.4 Å². The van der Waals surface area contributed by atoms with Crippen LogP contribution in [0, 0.1) is 6.92 Å². The fourth-order valence-corrected chi connectivity index (χ4v) is 1.35. The van der Waals surface area contributed by atoms with Crippen molar-refractivity contribution < 1.29 is 10.0 Å². The fraction of sp³-hybridized carbons (Fsp3) is 0.400. The van der Waals surface area contributed by atoms with Crippen molar-refractivity contribution in [3.8, 4) is 0 Å². The summed E-state index contributed by atoms with van der Waals surface area (Å²) in [6.45, 7) is 6.12. The summed E-state index contributed by atoms with van der Waals surface area (Å²) in [5.74, 6) is 0.476. The van der Waals surface area contributed by atoms with Crippen molar-refractivity contribution in [1.82, 2.24) is 0 Å². The summed E-state index contributed by atoms with van der Waals surface area (Å²) in [4.78, 5) is 0. The van der Waals surface area contributed by atoms with Gasteiger partial charge in [-0.15, -0.1) is 0 Å². The number of aryl methyl sites for hydroxylation is 1. The molecule has 0 saturated heterocycles. The molecule has 0 aliphatic rings. The van der Waals surface area contributed by atoms with Gasteiger partial charge in [-0.05, 0) is 23.9 Å². The molecule has 70 valence electrons. The Hall–Kier alpha value is -0.795. The van der Waals surface area contributed by atoms with Crippen LogP contribution in [0.25, 0.3) is 0 Å². The van der Waals surface area contributed by atoms with E-state index >= 15 is 0 Å². The smallest absolute Gasteiger partial charge is 0.423 e. The average Bonchev–Trinajstić information content (AvgIpc) is 2.03. The molecule has 0 aliphatic heterocycles. The Morgan fingerprint density at radius 1 is 1.23 bits per heavy atom. The van der Waals surface area contributed by atoms with Crippen molar-refractivity contribution in [1.29, 1.82) is 0 Å². The fourth-order valence-electron chi connectivity index (χ4n) is 1.35. The third kappa shape index (κ3) is 2.33. The minimum Gasteiger partial charge on any atom is -0.423 e. The molecule has 0 saturated carbocycles. The van der Waals surface area contributed by atoms with Gasteiger partial charge in [0.1, 0.15) is 0 Å². The highest BCUT2D eigenvalue weighted by Crippen LogP contribution is 2.14. The molecule has 0 fully saturated rings. The SMILES string of the molecule is Cc1cc(C(C)C)ccc1B(O)O. The average molecular weight is 178 g/mol. The highest BCUT2D eigenvalue weighted by atomic mass is 16.4. The maximum Gasteiger partial charge on any atom is 0.488 e. The Kier molecular flexibility index (Phi) is 3.12. The standard InChI is InChI=1S/C10H15BO2/c1-7(2)9-4-5-10(11(12)13)8(3)6-9/h4-7,12-13H,1-3H3. The van der Waals surface area contributed by atoms with Gasteiger partial charge < -0.3 is 10.0 Å². The molecule has 0 atom stereocenters. The topological polar surface area (TPSA) is 40.5 Å². The second-order valence-corrected chi connectivity index (χ2v) is 3.64. The molecule has 0 bridgehead atoms. The first-order chi connectivity index (χ1) is 6.02. The molecule has 0 amide bonds. The van der Waals surface area contributed by atoms with Crippen molar-refractivity contribution in [2.24, 2.45) is 0 Å². The summed E-state index contributed by atoms with van der Waals surface area (Å²) in [6, 6.07) is 5.71. The van der Waals surface area contributed by atoms with Crippen molar-refractivity contribution in [3.05, 3.63) is 29.3 Å². The quantitative estimate of drug-likeness (QED) is 0.657. The highest BCUT2D eigenvalue weighted by molar-refractivity contribution is 6.59. The van der Waals surface area contributed by atoms with Crippen molar-refractivity contribution in [2.75, 3.05) is 0 Å². The van der Waals surface area contributed by atoms with Crippen LogP contribution in [0.1, 0.15) is 30.9 Å². The summed E-state index contributed by atoms with van der Waals surface area (Å²) in [5.41, 5.74) is 2.74. The van der Waals surface area contributed by atoms with Gasteiger partial charge in [-0.2, -0.15) is 0 Å². The molecule has 1 aromatic carbocycles. The minimum atomic E-state index is -1.36. The zero-order chi connectivity index (χ0) is 10.0. The second kappa shape index (κ2) is 3.94. The maximum absolute atomic E-state index is 8.99. The van der Waals surface area contributed by atoms with E-state index in [2.05, 4.69) is 13.8 Å². The second-order valence-electron chi connectivity index (χ2n) is 3.64.